The normalized spacial score (nSPS) is 20.3. The minimum atomic E-state index is 0.0169. The second kappa shape index (κ2) is 1.89. The second-order valence-corrected chi connectivity index (χ2v) is 3.67. The Morgan fingerprint density at radius 1 is 1.55 bits per heavy atom. The molecule has 0 unspecified atom stereocenters. The van der Waals surface area contributed by atoms with Crippen LogP contribution >= 0.6 is 0 Å². The molecule has 2 N–H and O–H groups in total. The van der Waals surface area contributed by atoms with Crippen LogP contribution in [-0.4, -0.2) is 4.57 Å². The van der Waals surface area contributed by atoms with Crippen LogP contribution in [0.5, 0.6) is 0 Å². The Kier molecular flexibility index (Phi) is 1.19. The third-order valence-corrected chi connectivity index (χ3v) is 2.44. The summed E-state index contributed by atoms with van der Waals surface area (Å²) in [6.45, 7) is 2.11. The molecule has 0 spiro atoms. The molecule has 1 aromatic heterocycles. The first-order valence-electron chi connectivity index (χ1n) is 4.04. The SMILES string of the molecule is Cc1cc(C2(N)CC2)n(C)c1. The summed E-state index contributed by atoms with van der Waals surface area (Å²) >= 11 is 0. The van der Waals surface area contributed by atoms with Gasteiger partial charge in [-0.15, -0.1) is 0 Å². The van der Waals surface area contributed by atoms with Gasteiger partial charge in [-0.25, -0.2) is 0 Å². The molecular weight excluding hydrogens is 136 g/mol. The van der Waals surface area contributed by atoms with E-state index < -0.39 is 0 Å². The Hall–Kier alpha value is -0.760. The molecule has 2 nitrogen and oxygen atoms in total. The van der Waals surface area contributed by atoms with Crippen molar-refractivity contribution in [2.75, 3.05) is 0 Å². The van der Waals surface area contributed by atoms with Gasteiger partial charge in [-0.1, -0.05) is 0 Å². The molecule has 1 aliphatic rings. The zero-order chi connectivity index (χ0) is 8.06. The third kappa shape index (κ3) is 0.979. The second-order valence-electron chi connectivity index (χ2n) is 3.67. The molecule has 1 fully saturated rings. The predicted octanol–water partition coefficient (Wildman–Crippen LogP) is 1.28. The molecule has 2 heteroatoms. The minimum absolute atomic E-state index is 0.0169. The molecule has 0 radical (unpaired) electrons. The Balaban J connectivity index is 2.44. The molecule has 0 saturated heterocycles. The molecule has 0 bridgehead atoms. The molecule has 1 aromatic rings. The van der Waals surface area contributed by atoms with Crippen molar-refractivity contribution in [1.82, 2.24) is 4.57 Å². The smallest absolute Gasteiger partial charge is 0.0565 e. The van der Waals surface area contributed by atoms with Crippen LogP contribution in [0.3, 0.4) is 0 Å². The molecule has 0 amide bonds. The lowest BCUT2D eigenvalue weighted by molar-refractivity contribution is 0.658. The highest BCUT2D eigenvalue weighted by molar-refractivity contribution is 5.28. The Bertz CT molecular complexity index is 282. The van der Waals surface area contributed by atoms with Gasteiger partial charge in [0.15, 0.2) is 0 Å². The van der Waals surface area contributed by atoms with Gasteiger partial charge in [-0.2, -0.15) is 0 Å². The van der Waals surface area contributed by atoms with E-state index in [0.29, 0.717) is 0 Å². The quantitative estimate of drug-likeness (QED) is 0.642. The fourth-order valence-corrected chi connectivity index (χ4v) is 1.62. The van der Waals surface area contributed by atoms with E-state index in [-0.39, 0.29) is 5.54 Å². The lowest BCUT2D eigenvalue weighted by Gasteiger charge is -2.08. The summed E-state index contributed by atoms with van der Waals surface area (Å²) in [5.41, 5.74) is 8.67. The van der Waals surface area contributed by atoms with E-state index in [9.17, 15) is 0 Å². The van der Waals surface area contributed by atoms with Crippen molar-refractivity contribution in [3.8, 4) is 0 Å². The summed E-state index contributed by atoms with van der Waals surface area (Å²) in [4.78, 5) is 0. The van der Waals surface area contributed by atoms with Crippen LogP contribution in [0.25, 0.3) is 0 Å². The molecular formula is C9H14N2. The molecule has 0 atom stereocenters. The zero-order valence-corrected chi connectivity index (χ0v) is 7.09. The number of aryl methyl sites for hydroxylation is 2. The molecule has 1 heterocycles. The average molecular weight is 150 g/mol. The van der Waals surface area contributed by atoms with Gasteiger partial charge in [0.2, 0.25) is 0 Å². The minimum Gasteiger partial charge on any atom is -0.353 e. The van der Waals surface area contributed by atoms with Gasteiger partial charge in [0.25, 0.3) is 0 Å². The van der Waals surface area contributed by atoms with E-state index in [0.717, 1.165) is 12.8 Å². The standard InChI is InChI=1S/C9H14N2/c1-7-5-8(11(2)6-7)9(10)3-4-9/h5-6H,3-4,10H2,1-2H3. The van der Waals surface area contributed by atoms with Crippen LogP contribution < -0.4 is 5.73 Å². The highest BCUT2D eigenvalue weighted by Crippen LogP contribution is 2.42. The Labute approximate surface area is 67.0 Å². The number of rotatable bonds is 1. The summed E-state index contributed by atoms with van der Waals surface area (Å²) in [6.07, 6.45) is 4.41. The van der Waals surface area contributed by atoms with Crippen LogP contribution in [0.15, 0.2) is 12.3 Å². The maximum Gasteiger partial charge on any atom is 0.0565 e. The highest BCUT2D eigenvalue weighted by Gasteiger charge is 2.41. The van der Waals surface area contributed by atoms with Gasteiger partial charge in [0.05, 0.1) is 5.54 Å². The fourth-order valence-electron chi connectivity index (χ4n) is 1.62. The van der Waals surface area contributed by atoms with Gasteiger partial charge in [0, 0.05) is 18.9 Å². The van der Waals surface area contributed by atoms with Crippen molar-refractivity contribution < 1.29 is 0 Å². The highest BCUT2D eigenvalue weighted by atomic mass is 15.0. The number of hydrogen-bond acceptors (Lipinski definition) is 1. The third-order valence-electron chi connectivity index (χ3n) is 2.44. The van der Waals surface area contributed by atoms with Crippen LogP contribution in [0.4, 0.5) is 0 Å². The van der Waals surface area contributed by atoms with Gasteiger partial charge in [0.1, 0.15) is 0 Å². The van der Waals surface area contributed by atoms with Crippen LogP contribution in [0.1, 0.15) is 24.1 Å². The maximum absolute atomic E-state index is 6.06. The van der Waals surface area contributed by atoms with E-state index in [2.05, 4.69) is 30.8 Å². The van der Waals surface area contributed by atoms with Gasteiger partial charge in [-0.05, 0) is 31.4 Å². The molecule has 1 aliphatic carbocycles. The summed E-state index contributed by atoms with van der Waals surface area (Å²) in [6, 6.07) is 2.19. The van der Waals surface area contributed by atoms with E-state index in [4.69, 9.17) is 5.73 Å². The topological polar surface area (TPSA) is 30.9 Å². The van der Waals surface area contributed by atoms with E-state index in [1.54, 1.807) is 0 Å². The van der Waals surface area contributed by atoms with Crippen molar-refractivity contribution in [1.29, 1.82) is 0 Å². The Morgan fingerprint density at radius 3 is 2.55 bits per heavy atom. The zero-order valence-electron chi connectivity index (χ0n) is 7.09. The summed E-state index contributed by atoms with van der Waals surface area (Å²) < 4.78 is 2.14. The van der Waals surface area contributed by atoms with Gasteiger partial charge in [-0.3, -0.25) is 0 Å². The van der Waals surface area contributed by atoms with Crippen LogP contribution in [-0.2, 0) is 12.6 Å². The molecule has 11 heavy (non-hydrogen) atoms. The number of nitrogens with zero attached hydrogens (tertiary/aromatic N) is 1. The predicted molar refractivity (Wildman–Crippen MR) is 45.2 cm³/mol. The molecule has 0 aliphatic heterocycles. The number of nitrogens with two attached hydrogens (primary N) is 1. The van der Waals surface area contributed by atoms with E-state index in [1.165, 1.54) is 11.3 Å². The first kappa shape index (κ1) is 6.92. The summed E-state index contributed by atoms with van der Waals surface area (Å²) in [5, 5.41) is 0. The first-order valence-corrected chi connectivity index (χ1v) is 4.04. The van der Waals surface area contributed by atoms with Gasteiger partial charge < -0.3 is 10.3 Å². The number of hydrogen-bond donors (Lipinski definition) is 1. The summed E-state index contributed by atoms with van der Waals surface area (Å²) in [7, 11) is 2.06. The van der Waals surface area contributed by atoms with Crippen molar-refractivity contribution in [2.24, 2.45) is 12.8 Å². The van der Waals surface area contributed by atoms with Crippen molar-refractivity contribution in [2.45, 2.75) is 25.3 Å². The first-order chi connectivity index (χ1) is 5.12. The lowest BCUT2D eigenvalue weighted by atomic mass is 10.2. The Morgan fingerprint density at radius 2 is 2.18 bits per heavy atom. The molecule has 1 saturated carbocycles. The van der Waals surface area contributed by atoms with Crippen molar-refractivity contribution in [3.63, 3.8) is 0 Å². The fraction of sp³-hybridized carbons (Fsp3) is 0.556. The number of aromatic nitrogens is 1. The maximum atomic E-state index is 6.06. The monoisotopic (exact) mass is 150 g/mol. The lowest BCUT2D eigenvalue weighted by Crippen LogP contribution is -2.21. The largest absolute Gasteiger partial charge is 0.353 e. The van der Waals surface area contributed by atoms with Crippen LogP contribution in [0.2, 0.25) is 0 Å². The van der Waals surface area contributed by atoms with Gasteiger partial charge >= 0.3 is 0 Å². The van der Waals surface area contributed by atoms with E-state index >= 15 is 0 Å². The van der Waals surface area contributed by atoms with Crippen LogP contribution in [0, 0.1) is 6.92 Å². The molecule has 2 rings (SSSR count). The molecule has 60 valence electrons. The summed E-state index contributed by atoms with van der Waals surface area (Å²) in [5.74, 6) is 0. The van der Waals surface area contributed by atoms with Crippen molar-refractivity contribution >= 4 is 0 Å². The average Bonchev–Trinajstić information content (AvgIpc) is 2.55. The van der Waals surface area contributed by atoms with Crippen molar-refractivity contribution in [3.05, 3.63) is 23.5 Å². The molecule has 0 aromatic carbocycles. The van der Waals surface area contributed by atoms with E-state index in [1.807, 2.05) is 0 Å².